The molecule has 0 aromatic carbocycles. The standard InChI is InChI=1S/C80H155N2O6P/c1-6-8-10-12-14-16-18-20-22-24-26-28-30-32-34-36-38-39-40-41-42-43-44-46-48-50-52-54-56-58-60-62-64-66-68-70-72-74-80(84)81-78(77-88-89(85,86)87-76-75-82(3,4)5)79(83)73-71-69-67-65-63-61-59-57-55-53-51-49-47-45-37-35-33-31-29-27-25-23-21-19-17-15-13-11-9-7-2/h18,20,24,26,63,65,71,73,78-79,83H,6-17,19,21-23,25,27-62,64,66-70,72,74-77H2,1-5H3,(H-,81,84,85,86)/b20-18-,26-24-,65-63+,73-71+. The smallest absolute Gasteiger partial charge is 0.268 e. The Morgan fingerprint density at radius 3 is 0.978 bits per heavy atom. The summed E-state index contributed by atoms with van der Waals surface area (Å²) in [5, 5.41) is 14.0. The topological polar surface area (TPSA) is 108 Å². The number of phosphoric ester groups is 1. The van der Waals surface area contributed by atoms with Crippen molar-refractivity contribution in [3.8, 4) is 0 Å². The fraction of sp³-hybridized carbons (Fsp3) is 0.887. The van der Waals surface area contributed by atoms with Crippen LogP contribution >= 0.6 is 7.82 Å². The lowest BCUT2D eigenvalue weighted by Crippen LogP contribution is -2.45. The molecule has 0 heterocycles. The molecule has 0 fully saturated rings. The maximum Gasteiger partial charge on any atom is 0.268 e. The number of phosphoric acid groups is 1. The minimum Gasteiger partial charge on any atom is -0.756 e. The van der Waals surface area contributed by atoms with Crippen molar-refractivity contribution < 1.29 is 32.9 Å². The van der Waals surface area contributed by atoms with E-state index in [9.17, 15) is 19.4 Å². The molecule has 89 heavy (non-hydrogen) atoms. The van der Waals surface area contributed by atoms with E-state index in [0.717, 1.165) is 44.9 Å². The van der Waals surface area contributed by atoms with E-state index >= 15 is 0 Å². The fourth-order valence-electron chi connectivity index (χ4n) is 12.1. The molecule has 3 atom stereocenters. The first kappa shape index (κ1) is 87.5. The summed E-state index contributed by atoms with van der Waals surface area (Å²) >= 11 is 0. The van der Waals surface area contributed by atoms with Gasteiger partial charge in [0, 0.05) is 6.42 Å². The summed E-state index contributed by atoms with van der Waals surface area (Å²) in [5.41, 5.74) is 0. The lowest BCUT2D eigenvalue weighted by molar-refractivity contribution is -0.870. The molecule has 0 bridgehead atoms. The van der Waals surface area contributed by atoms with Gasteiger partial charge in [0.2, 0.25) is 5.91 Å². The van der Waals surface area contributed by atoms with Crippen LogP contribution in [0.2, 0.25) is 0 Å². The number of nitrogens with one attached hydrogen (secondary N) is 1. The van der Waals surface area contributed by atoms with Crippen LogP contribution in [0, 0.1) is 0 Å². The third-order valence-corrected chi connectivity index (χ3v) is 19.2. The zero-order valence-corrected chi connectivity index (χ0v) is 61.3. The molecule has 0 radical (unpaired) electrons. The van der Waals surface area contributed by atoms with Crippen molar-refractivity contribution in [3.05, 3.63) is 48.6 Å². The van der Waals surface area contributed by atoms with Crippen LogP contribution in [0.4, 0.5) is 0 Å². The maximum absolute atomic E-state index is 13.1. The lowest BCUT2D eigenvalue weighted by atomic mass is 10.0. The van der Waals surface area contributed by atoms with Gasteiger partial charge in [-0.3, -0.25) is 9.36 Å². The normalized spacial score (nSPS) is 13.7. The summed E-state index contributed by atoms with van der Waals surface area (Å²) in [7, 11) is 1.26. The van der Waals surface area contributed by atoms with Gasteiger partial charge in [-0.15, -0.1) is 0 Å². The second kappa shape index (κ2) is 70.8. The molecule has 0 aliphatic heterocycles. The quantitative estimate of drug-likeness (QED) is 0.0272. The summed E-state index contributed by atoms with van der Waals surface area (Å²) in [4.78, 5) is 25.7. The van der Waals surface area contributed by atoms with E-state index in [2.05, 4.69) is 55.6 Å². The Kier molecular flexibility index (Phi) is 69.5. The molecule has 3 unspecified atom stereocenters. The fourth-order valence-corrected chi connectivity index (χ4v) is 12.9. The molecule has 0 spiro atoms. The average molecular weight is 1270 g/mol. The van der Waals surface area contributed by atoms with Gasteiger partial charge in [-0.2, -0.15) is 0 Å². The predicted molar refractivity (Wildman–Crippen MR) is 390 cm³/mol. The van der Waals surface area contributed by atoms with Gasteiger partial charge in [0.15, 0.2) is 0 Å². The molecule has 2 N–H and O–H groups in total. The van der Waals surface area contributed by atoms with Crippen molar-refractivity contribution in [1.29, 1.82) is 0 Å². The van der Waals surface area contributed by atoms with E-state index in [1.54, 1.807) is 6.08 Å². The van der Waals surface area contributed by atoms with Crippen LogP contribution in [0.25, 0.3) is 0 Å². The number of unbranched alkanes of at least 4 members (excludes halogenated alkanes) is 55. The Morgan fingerprint density at radius 1 is 0.393 bits per heavy atom. The number of likely N-dealkylation sites (N-methyl/N-ethyl adjacent to an activating group) is 1. The van der Waals surface area contributed by atoms with E-state index in [-0.39, 0.29) is 19.1 Å². The van der Waals surface area contributed by atoms with Gasteiger partial charge < -0.3 is 28.8 Å². The van der Waals surface area contributed by atoms with Crippen molar-refractivity contribution in [1.82, 2.24) is 5.32 Å². The first-order valence-electron chi connectivity index (χ1n) is 39.5. The van der Waals surface area contributed by atoms with Crippen molar-refractivity contribution in [2.75, 3.05) is 40.9 Å². The molecule has 0 rings (SSSR count). The van der Waals surface area contributed by atoms with E-state index in [4.69, 9.17) is 9.05 Å². The Labute approximate surface area is 556 Å². The summed E-state index contributed by atoms with van der Waals surface area (Å²) in [5.74, 6) is -0.199. The van der Waals surface area contributed by atoms with E-state index in [1.165, 1.54) is 340 Å². The second-order valence-corrected chi connectivity index (χ2v) is 29.8. The van der Waals surface area contributed by atoms with Crippen LogP contribution in [0.1, 0.15) is 406 Å². The van der Waals surface area contributed by atoms with Crippen molar-refractivity contribution >= 4 is 13.7 Å². The van der Waals surface area contributed by atoms with Gasteiger partial charge >= 0.3 is 0 Å². The molecule has 526 valence electrons. The molecule has 0 aliphatic rings. The minimum absolute atomic E-state index is 0.00465. The molecule has 9 heteroatoms. The van der Waals surface area contributed by atoms with E-state index in [1.807, 2.05) is 27.2 Å². The van der Waals surface area contributed by atoms with Crippen LogP contribution in [0.15, 0.2) is 48.6 Å². The molecule has 8 nitrogen and oxygen atoms in total. The Bertz CT molecular complexity index is 1590. The number of aliphatic hydroxyl groups is 1. The average Bonchev–Trinajstić information content (AvgIpc) is 3.57. The molecular formula is C80H155N2O6P. The number of aliphatic hydroxyl groups excluding tert-OH is 1. The van der Waals surface area contributed by atoms with Crippen LogP contribution in [-0.4, -0.2) is 68.5 Å². The highest BCUT2D eigenvalue weighted by Gasteiger charge is 2.23. The van der Waals surface area contributed by atoms with Crippen molar-refractivity contribution in [2.45, 2.75) is 418 Å². The van der Waals surface area contributed by atoms with Gasteiger partial charge in [-0.1, -0.05) is 383 Å². The molecule has 0 aromatic heterocycles. The molecule has 1 amide bonds. The first-order valence-corrected chi connectivity index (χ1v) is 41.0. The Balaban J connectivity index is 3.98. The number of amides is 1. The van der Waals surface area contributed by atoms with Crippen LogP contribution < -0.4 is 10.2 Å². The van der Waals surface area contributed by atoms with Gasteiger partial charge in [0.05, 0.1) is 39.9 Å². The molecule has 0 saturated heterocycles. The van der Waals surface area contributed by atoms with Crippen LogP contribution in [0.5, 0.6) is 0 Å². The summed E-state index contributed by atoms with van der Waals surface area (Å²) in [6.07, 6.45) is 97.1. The highest BCUT2D eigenvalue weighted by molar-refractivity contribution is 7.45. The molecular weight excluding hydrogens is 1120 g/mol. The number of hydrogen-bond donors (Lipinski definition) is 2. The van der Waals surface area contributed by atoms with Gasteiger partial charge in [-0.25, -0.2) is 0 Å². The highest BCUT2D eigenvalue weighted by atomic mass is 31.2. The largest absolute Gasteiger partial charge is 0.756 e. The number of carbonyl (C=O) groups excluding carboxylic acids is 1. The SMILES string of the molecule is CCCCCCC/C=C\C/C=C\CCCCCCCCCCCCCCCCCCCCCCCCCCCC(=O)NC(COP(=O)([O-])OCC[N+](C)(C)C)C(O)/C=C/CC/C=C/CCCCCCCCCCCCCCCCCCCCCCCCCC. The van der Waals surface area contributed by atoms with Crippen molar-refractivity contribution in [2.24, 2.45) is 0 Å². The monoisotopic (exact) mass is 1270 g/mol. The van der Waals surface area contributed by atoms with Gasteiger partial charge in [-0.05, 0) is 64.2 Å². The van der Waals surface area contributed by atoms with Crippen LogP contribution in [0.3, 0.4) is 0 Å². The third-order valence-electron chi connectivity index (χ3n) is 18.3. The van der Waals surface area contributed by atoms with Gasteiger partial charge in [0.25, 0.3) is 7.82 Å². The summed E-state index contributed by atoms with van der Waals surface area (Å²) in [6, 6.07) is -0.905. The Hall–Kier alpha value is -1.54. The van der Waals surface area contributed by atoms with E-state index in [0.29, 0.717) is 17.4 Å². The number of quaternary nitrogens is 1. The number of hydrogen-bond acceptors (Lipinski definition) is 6. The molecule has 0 aromatic rings. The number of rotatable bonds is 74. The van der Waals surface area contributed by atoms with Crippen molar-refractivity contribution in [3.63, 3.8) is 0 Å². The molecule has 0 aliphatic carbocycles. The molecule has 0 saturated carbocycles. The highest BCUT2D eigenvalue weighted by Crippen LogP contribution is 2.38. The third kappa shape index (κ3) is 73.7. The summed E-state index contributed by atoms with van der Waals surface area (Å²) < 4.78 is 23.5. The van der Waals surface area contributed by atoms with E-state index < -0.39 is 20.0 Å². The minimum atomic E-state index is -4.61. The first-order chi connectivity index (χ1) is 43.5. The number of nitrogens with zero attached hydrogens (tertiary/aromatic N) is 1. The zero-order valence-electron chi connectivity index (χ0n) is 60.4. The zero-order chi connectivity index (χ0) is 64.8. The second-order valence-electron chi connectivity index (χ2n) is 28.4. The Morgan fingerprint density at radius 2 is 0.663 bits per heavy atom. The maximum atomic E-state index is 13.1. The number of allylic oxidation sites excluding steroid dienone is 7. The van der Waals surface area contributed by atoms with Crippen LogP contribution in [-0.2, 0) is 18.4 Å². The lowest BCUT2D eigenvalue weighted by Gasteiger charge is -2.29. The summed E-state index contributed by atoms with van der Waals surface area (Å²) in [6.45, 7) is 4.68. The number of carbonyl (C=O) groups is 1. The van der Waals surface area contributed by atoms with Gasteiger partial charge in [0.1, 0.15) is 13.2 Å². The predicted octanol–water partition coefficient (Wildman–Crippen LogP) is 25.1.